The highest BCUT2D eigenvalue weighted by molar-refractivity contribution is 14.1. The molecular weight excluding hydrogens is 573 g/mol. The molecule has 1 aliphatic rings. The number of ether oxygens (including phenoxy) is 3. The molecular formula is C24H24INO7S. The van der Waals surface area contributed by atoms with Crippen molar-refractivity contribution in [2.75, 3.05) is 26.9 Å². The van der Waals surface area contributed by atoms with Crippen molar-refractivity contribution in [1.82, 2.24) is 4.90 Å². The van der Waals surface area contributed by atoms with Crippen molar-refractivity contribution in [3.05, 3.63) is 61.6 Å². The molecule has 0 saturated carbocycles. The molecule has 0 atom stereocenters. The number of hydrogen-bond acceptors (Lipinski definition) is 7. The highest BCUT2D eigenvalue weighted by Crippen LogP contribution is 2.38. The third kappa shape index (κ3) is 6.51. The quantitative estimate of drug-likeness (QED) is 0.219. The number of rotatable bonds is 11. The molecule has 2 aromatic carbocycles. The fraction of sp³-hybridized carbons (Fsp3) is 0.292. The summed E-state index contributed by atoms with van der Waals surface area (Å²) in [6, 6.07) is 10.1. The molecule has 1 heterocycles. The minimum absolute atomic E-state index is 0.164. The van der Waals surface area contributed by atoms with Gasteiger partial charge in [0, 0.05) is 20.3 Å². The van der Waals surface area contributed by atoms with E-state index < -0.39 is 5.97 Å². The van der Waals surface area contributed by atoms with Gasteiger partial charge in [0.25, 0.3) is 11.1 Å². The number of imide groups is 1. The van der Waals surface area contributed by atoms with Crippen LogP contribution in [0.4, 0.5) is 4.79 Å². The fourth-order valence-electron chi connectivity index (χ4n) is 3.24. The maximum atomic E-state index is 12.7. The Hall–Kier alpha value is -2.57. The van der Waals surface area contributed by atoms with Crippen molar-refractivity contribution in [3.8, 4) is 11.5 Å². The number of benzene rings is 2. The number of thioether (sulfide) groups is 1. The van der Waals surface area contributed by atoms with E-state index in [1.165, 1.54) is 11.0 Å². The van der Waals surface area contributed by atoms with Crippen LogP contribution < -0.4 is 9.47 Å². The Morgan fingerprint density at radius 1 is 1.21 bits per heavy atom. The number of aromatic carboxylic acids is 1. The van der Waals surface area contributed by atoms with Crippen molar-refractivity contribution in [2.24, 2.45) is 0 Å². The summed E-state index contributed by atoms with van der Waals surface area (Å²) in [7, 11) is 1.58. The first-order chi connectivity index (χ1) is 16.3. The van der Waals surface area contributed by atoms with Gasteiger partial charge in [0.2, 0.25) is 0 Å². The summed E-state index contributed by atoms with van der Waals surface area (Å²) < 4.78 is 17.5. The lowest BCUT2D eigenvalue weighted by Crippen LogP contribution is -2.29. The molecule has 10 heteroatoms. The maximum absolute atomic E-state index is 12.7. The van der Waals surface area contributed by atoms with E-state index in [0.29, 0.717) is 53.7 Å². The fourth-order valence-corrected chi connectivity index (χ4v) is 4.88. The van der Waals surface area contributed by atoms with Crippen molar-refractivity contribution in [1.29, 1.82) is 0 Å². The molecule has 0 aliphatic carbocycles. The van der Waals surface area contributed by atoms with Gasteiger partial charge < -0.3 is 19.3 Å². The molecule has 0 radical (unpaired) electrons. The molecule has 1 aliphatic heterocycles. The van der Waals surface area contributed by atoms with E-state index in [2.05, 4.69) is 22.6 Å². The largest absolute Gasteiger partial charge is 0.490 e. The highest BCUT2D eigenvalue weighted by Gasteiger charge is 2.34. The SMILES string of the molecule is CCOc1cc(/C=C2/SC(=O)N(CCCOC)C2=O)cc(I)c1OCc1cccc(C(=O)O)c1. The van der Waals surface area contributed by atoms with E-state index in [0.717, 1.165) is 15.3 Å². The first kappa shape index (κ1) is 26.0. The molecule has 8 nitrogen and oxygen atoms in total. The molecule has 2 amide bonds. The highest BCUT2D eigenvalue weighted by atomic mass is 127. The predicted molar refractivity (Wildman–Crippen MR) is 137 cm³/mol. The standard InChI is InChI=1S/C24H24INO7S/c1-3-32-19-12-16(13-20-22(27)26(24(30)34-20)8-5-9-31-2)11-18(25)21(19)33-14-15-6-4-7-17(10-15)23(28)29/h4,6-7,10-13H,3,5,8-9,14H2,1-2H3,(H,28,29)/b20-13+. The Morgan fingerprint density at radius 3 is 2.71 bits per heavy atom. The number of carboxylic acids is 1. The number of carbonyl (C=O) groups excluding carboxylic acids is 2. The van der Waals surface area contributed by atoms with Gasteiger partial charge in [-0.15, -0.1) is 0 Å². The van der Waals surface area contributed by atoms with Gasteiger partial charge in [-0.1, -0.05) is 12.1 Å². The number of amides is 2. The van der Waals surface area contributed by atoms with Crippen LogP contribution in [-0.2, 0) is 16.1 Å². The summed E-state index contributed by atoms with van der Waals surface area (Å²) in [6.07, 6.45) is 2.25. The zero-order valence-corrected chi connectivity index (χ0v) is 21.7. The molecule has 1 fully saturated rings. The Bertz CT molecular complexity index is 1120. The molecule has 3 rings (SSSR count). The van der Waals surface area contributed by atoms with Gasteiger partial charge in [0.15, 0.2) is 11.5 Å². The lowest BCUT2D eigenvalue weighted by Gasteiger charge is -2.15. The summed E-state index contributed by atoms with van der Waals surface area (Å²) in [5.74, 6) is -0.307. The zero-order valence-electron chi connectivity index (χ0n) is 18.7. The van der Waals surface area contributed by atoms with Gasteiger partial charge in [-0.25, -0.2) is 4.79 Å². The minimum Gasteiger partial charge on any atom is -0.490 e. The number of methoxy groups -OCH3 is 1. The number of halogens is 1. The Labute approximate surface area is 215 Å². The monoisotopic (exact) mass is 597 g/mol. The van der Waals surface area contributed by atoms with E-state index in [9.17, 15) is 19.5 Å². The van der Waals surface area contributed by atoms with Crippen LogP contribution in [0.15, 0.2) is 41.3 Å². The van der Waals surface area contributed by atoms with E-state index in [-0.39, 0.29) is 23.3 Å². The predicted octanol–water partition coefficient (Wildman–Crippen LogP) is 5.04. The van der Waals surface area contributed by atoms with Gasteiger partial charge in [-0.3, -0.25) is 14.5 Å². The van der Waals surface area contributed by atoms with Gasteiger partial charge in [-0.2, -0.15) is 0 Å². The van der Waals surface area contributed by atoms with Gasteiger partial charge in [-0.05, 0) is 89.2 Å². The maximum Gasteiger partial charge on any atom is 0.335 e. The molecule has 1 saturated heterocycles. The van der Waals surface area contributed by atoms with Crippen LogP contribution in [0.5, 0.6) is 11.5 Å². The average molecular weight is 597 g/mol. The van der Waals surface area contributed by atoms with Crippen LogP contribution in [0.1, 0.15) is 34.8 Å². The number of hydrogen-bond donors (Lipinski definition) is 1. The first-order valence-corrected chi connectivity index (χ1v) is 12.4. The zero-order chi connectivity index (χ0) is 24.7. The van der Waals surface area contributed by atoms with Crippen molar-refractivity contribution < 1.29 is 33.7 Å². The Morgan fingerprint density at radius 2 is 2.00 bits per heavy atom. The van der Waals surface area contributed by atoms with Gasteiger partial charge in [0.1, 0.15) is 6.61 Å². The first-order valence-electron chi connectivity index (χ1n) is 10.5. The van der Waals surface area contributed by atoms with Crippen molar-refractivity contribution in [3.63, 3.8) is 0 Å². The van der Waals surface area contributed by atoms with E-state index in [1.807, 2.05) is 13.0 Å². The smallest absolute Gasteiger partial charge is 0.335 e. The molecule has 0 aromatic heterocycles. The Kier molecular flexibility index (Phi) is 9.36. The van der Waals surface area contributed by atoms with Crippen molar-refractivity contribution in [2.45, 2.75) is 20.0 Å². The summed E-state index contributed by atoms with van der Waals surface area (Å²) >= 11 is 3.03. The van der Waals surface area contributed by atoms with E-state index in [4.69, 9.17) is 14.2 Å². The normalized spacial score (nSPS) is 14.7. The summed E-state index contributed by atoms with van der Waals surface area (Å²) in [6.45, 7) is 3.20. The van der Waals surface area contributed by atoms with Crippen LogP contribution in [0, 0.1) is 3.57 Å². The van der Waals surface area contributed by atoms with Crippen LogP contribution in [0.2, 0.25) is 0 Å². The molecule has 0 spiro atoms. The lowest BCUT2D eigenvalue weighted by molar-refractivity contribution is -0.122. The van der Waals surface area contributed by atoms with Crippen LogP contribution in [0.25, 0.3) is 6.08 Å². The van der Waals surface area contributed by atoms with Crippen LogP contribution in [0.3, 0.4) is 0 Å². The summed E-state index contributed by atoms with van der Waals surface area (Å²) in [4.78, 5) is 37.7. The minimum atomic E-state index is -1.00. The molecule has 180 valence electrons. The number of nitrogens with zero attached hydrogens (tertiary/aromatic N) is 1. The van der Waals surface area contributed by atoms with Gasteiger partial charge >= 0.3 is 5.97 Å². The van der Waals surface area contributed by atoms with E-state index in [1.54, 1.807) is 37.5 Å². The topological polar surface area (TPSA) is 102 Å². The third-order valence-electron chi connectivity index (χ3n) is 4.79. The second-order valence-electron chi connectivity index (χ2n) is 7.24. The van der Waals surface area contributed by atoms with E-state index >= 15 is 0 Å². The second-order valence-corrected chi connectivity index (χ2v) is 9.39. The second kappa shape index (κ2) is 12.2. The Balaban J connectivity index is 1.81. The number of carboxylic acid groups (broad SMARTS) is 1. The average Bonchev–Trinajstić information content (AvgIpc) is 3.06. The third-order valence-corrected chi connectivity index (χ3v) is 6.50. The summed E-state index contributed by atoms with van der Waals surface area (Å²) in [5.41, 5.74) is 1.60. The lowest BCUT2D eigenvalue weighted by atomic mass is 10.1. The van der Waals surface area contributed by atoms with Gasteiger partial charge in [0.05, 0.1) is 20.6 Å². The van der Waals surface area contributed by atoms with Crippen LogP contribution in [-0.4, -0.2) is 54.0 Å². The van der Waals surface area contributed by atoms with Crippen LogP contribution >= 0.6 is 34.4 Å². The van der Waals surface area contributed by atoms with Crippen molar-refractivity contribution >= 4 is 57.5 Å². The molecule has 1 N–H and O–H groups in total. The molecule has 2 aromatic rings. The molecule has 34 heavy (non-hydrogen) atoms. The molecule has 0 unspecified atom stereocenters. The number of carbonyl (C=O) groups is 3. The molecule has 0 bridgehead atoms. The summed E-state index contributed by atoms with van der Waals surface area (Å²) in [5, 5.41) is 8.89.